The molecule has 1 aliphatic heterocycles. The van der Waals surface area contributed by atoms with E-state index >= 15 is 0 Å². The van der Waals surface area contributed by atoms with Crippen LogP contribution in [0.3, 0.4) is 0 Å². The second-order valence-electron chi connectivity index (χ2n) is 5.89. The lowest BCUT2D eigenvalue weighted by molar-refractivity contribution is -0.139. The summed E-state index contributed by atoms with van der Waals surface area (Å²) in [6, 6.07) is 5.72. The largest absolute Gasteiger partial charge is 0.493 e. The topological polar surface area (TPSA) is 64.8 Å². The van der Waals surface area contributed by atoms with Gasteiger partial charge in [-0.1, -0.05) is 6.07 Å². The zero-order chi connectivity index (χ0) is 16.3. The van der Waals surface area contributed by atoms with Gasteiger partial charge in [-0.25, -0.2) is 0 Å². The third kappa shape index (κ3) is 3.19. The molecule has 1 heterocycles. The minimum Gasteiger partial charge on any atom is -0.493 e. The molecule has 5 nitrogen and oxygen atoms in total. The van der Waals surface area contributed by atoms with Crippen LogP contribution in [0.25, 0.3) is 0 Å². The molecule has 1 amide bonds. The highest BCUT2D eigenvalue weighted by Crippen LogP contribution is 2.37. The van der Waals surface area contributed by atoms with E-state index in [4.69, 9.17) is 15.2 Å². The number of likely N-dealkylation sites (tertiary alicyclic amines) is 1. The Morgan fingerprint density at radius 1 is 1.36 bits per heavy atom. The van der Waals surface area contributed by atoms with Gasteiger partial charge in [-0.05, 0) is 44.9 Å². The summed E-state index contributed by atoms with van der Waals surface area (Å²) in [5, 5.41) is 0. The first kappa shape index (κ1) is 16.6. The molecule has 1 aliphatic rings. The minimum atomic E-state index is -0.119. The molecule has 1 aromatic rings. The van der Waals surface area contributed by atoms with E-state index in [1.54, 1.807) is 7.11 Å². The second kappa shape index (κ2) is 7.01. The van der Waals surface area contributed by atoms with Crippen LogP contribution in [0.5, 0.6) is 11.5 Å². The Kier molecular flexibility index (Phi) is 5.29. The Labute approximate surface area is 132 Å². The molecule has 0 aliphatic carbocycles. The van der Waals surface area contributed by atoms with E-state index in [2.05, 4.69) is 0 Å². The predicted molar refractivity (Wildman–Crippen MR) is 86.1 cm³/mol. The molecule has 0 radical (unpaired) electrons. The van der Waals surface area contributed by atoms with E-state index in [1.807, 2.05) is 43.9 Å². The molecule has 0 spiro atoms. The number of methoxy groups -OCH3 is 1. The lowest BCUT2D eigenvalue weighted by Crippen LogP contribution is -2.51. The van der Waals surface area contributed by atoms with Gasteiger partial charge in [0.15, 0.2) is 11.5 Å². The summed E-state index contributed by atoms with van der Waals surface area (Å²) >= 11 is 0. The Balaban J connectivity index is 2.42. The molecule has 1 aromatic carbocycles. The van der Waals surface area contributed by atoms with E-state index in [0.717, 1.165) is 5.56 Å². The number of carbonyl (C=O) groups excluding carboxylic acids is 1. The first-order chi connectivity index (χ1) is 10.5. The summed E-state index contributed by atoms with van der Waals surface area (Å²) in [6.45, 7) is 6.54. The van der Waals surface area contributed by atoms with Crippen molar-refractivity contribution in [3.63, 3.8) is 0 Å². The molecule has 0 saturated carbocycles. The lowest BCUT2D eigenvalue weighted by atomic mass is 9.89. The summed E-state index contributed by atoms with van der Waals surface area (Å²) in [4.78, 5) is 14.2. The fourth-order valence-corrected chi connectivity index (χ4v) is 3.10. The van der Waals surface area contributed by atoms with Crippen molar-refractivity contribution in [3.05, 3.63) is 23.8 Å². The number of nitrogens with two attached hydrogens (primary N) is 1. The summed E-state index contributed by atoms with van der Waals surface area (Å²) in [5.74, 6) is 1.55. The van der Waals surface area contributed by atoms with Crippen molar-refractivity contribution in [3.8, 4) is 11.5 Å². The van der Waals surface area contributed by atoms with Crippen molar-refractivity contribution < 1.29 is 14.3 Å². The molecule has 2 N–H and O–H groups in total. The standard InChI is InChI=1S/C17H26N2O3/c1-5-22-15-10-12(6-8-14(15)21-4)17-13(18)7-9-16(20)19(17)11(2)3/h6,8,10-11,13,17H,5,7,9,18H2,1-4H3. The number of piperidine rings is 1. The van der Waals surface area contributed by atoms with Gasteiger partial charge in [0.1, 0.15) is 0 Å². The number of amides is 1. The molecule has 0 bridgehead atoms. The van der Waals surface area contributed by atoms with Crippen LogP contribution >= 0.6 is 0 Å². The fraction of sp³-hybridized carbons (Fsp3) is 0.588. The summed E-state index contributed by atoms with van der Waals surface area (Å²) in [6.07, 6.45) is 1.23. The van der Waals surface area contributed by atoms with Crippen LogP contribution in [0.15, 0.2) is 18.2 Å². The maximum absolute atomic E-state index is 12.3. The smallest absolute Gasteiger partial charge is 0.223 e. The highest BCUT2D eigenvalue weighted by atomic mass is 16.5. The first-order valence-electron chi connectivity index (χ1n) is 7.87. The van der Waals surface area contributed by atoms with Crippen LogP contribution in [0.4, 0.5) is 0 Å². The van der Waals surface area contributed by atoms with Crippen molar-refractivity contribution in [2.45, 2.75) is 51.7 Å². The van der Waals surface area contributed by atoms with Gasteiger partial charge in [0, 0.05) is 18.5 Å². The van der Waals surface area contributed by atoms with Crippen molar-refractivity contribution in [1.82, 2.24) is 4.90 Å². The zero-order valence-electron chi connectivity index (χ0n) is 13.8. The number of ether oxygens (including phenoxy) is 2. The van der Waals surface area contributed by atoms with Crippen LogP contribution in [-0.4, -0.2) is 36.6 Å². The molecule has 1 fully saturated rings. The fourth-order valence-electron chi connectivity index (χ4n) is 3.10. The quantitative estimate of drug-likeness (QED) is 0.907. The van der Waals surface area contributed by atoms with Crippen molar-refractivity contribution in [2.75, 3.05) is 13.7 Å². The van der Waals surface area contributed by atoms with Gasteiger partial charge in [-0.3, -0.25) is 4.79 Å². The van der Waals surface area contributed by atoms with Gasteiger partial charge in [0.2, 0.25) is 5.91 Å². The molecule has 2 rings (SSSR count). The molecular weight excluding hydrogens is 280 g/mol. The molecule has 5 heteroatoms. The maximum Gasteiger partial charge on any atom is 0.223 e. The number of benzene rings is 1. The molecule has 2 atom stereocenters. The van der Waals surface area contributed by atoms with E-state index in [-0.39, 0.29) is 24.0 Å². The van der Waals surface area contributed by atoms with Crippen LogP contribution < -0.4 is 15.2 Å². The Hall–Kier alpha value is -1.75. The van der Waals surface area contributed by atoms with Gasteiger partial charge in [0.05, 0.1) is 19.8 Å². The van der Waals surface area contributed by atoms with E-state index in [1.165, 1.54) is 0 Å². The predicted octanol–water partition coefficient (Wildman–Crippen LogP) is 2.49. The molecule has 122 valence electrons. The van der Waals surface area contributed by atoms with E-state index in [0.29, 0.717) is 30.9 Å². The van der Waals surface area contributed by atoms with Gasteiger partial charge in [-0.15, -0.1) is 0 Å². The summed E-state index contributed by atoms with van der Waals surface area (Å²) in [7, 11) is 1.62. The first-order valence-corrected chi connectivity index (χ1v) is 7.87. The van der Waals surface area contributed by atoms with Crippen LogP contribution in [-0.2, 0) is 4.79 Å². The highest BCUT2D eigenvalue weighted by Gasteiger charge is 2.36. The average molecular weight is 306 g/mol. The molecule has 22 heavy (non-hydrogen) atoms. The van der Waals surface area contributed by atoms with E-state index in [9.17, 15) is 4.79 Å². The van der Waals surface area contributed by atoms with Crippen LogP contribution in [0, 0.1) is 0 Å². The Bertz CT molecular complexity index is 531. The number of hydrogen-bond acceptors (Lipinski definition) is 4. The Morgan fingerprint density at radius 2 is 2.09 bits per heavy atom. The monoisotopic (exact) mass is 306 g/mol. The third-order valence-electron chi connectivity index (χ3n) is 4.07. The second-order valence-corrected chi connectivity index (χ2v) is 5.89. The summed E-state index contributed by atoms with van der Waals surface area (Å²) in [5.41, 5.74) is 7.33. The van der Waals surface area contributed by atoms with Gasteiger partial charge in [-0.2, -0.15) is 0 Å². The number of nitrogens with zero attached hydrogens (tertiary/aromatic N) is 1. The minimum absolute atomic E-state index is 0.0667. The normalized spacial score (nSPS) is 22.1. The molecule has 2 unspecified atom stereocenters. The highest BCUT2D eigenvalue weighted by molar-refractivity contribution is 5.78. The maximum atomic E-state index is 12.3. The third-order valence-corrected chi connectivity index (χ3v) is 4.07. The van der Waals surface area contributed by atoms with Crippen molar-refractivity contribution in [2.24, 2.45) is 5.73 Å². The Morgan fingerprint density at radius 3 is 2.68 bits per heavy atom. The van der Waals surface area contributed by atoms with E-state index < -0.39 is 0 Å². The number of hydrogen-bond donors (Lipinski definition) is 1. The average Bonchev–Trinajstić information content (AvgIpc) is 2.49. The summed E-state index contributed by atoms with van der Waals surface area (Å²) < 4.78 is 11.0. The van der Waals surface area contributed by atoms with Gasteiger partial charge < -0.3 is 20.1 Å². The number of rotatable bonds is 5. The van der Waals surface area contributed by atoms with Crippen molar-refractivity contribution >= 4 is 5.91 Å². The van der Waals surface area contributed by atoms with Crippen LogP contribution in [0.1, 0.15) is 45.2 Å². The SMILES string of the molecule is CCOc1cc(C2C(N)CCC(=O)N2C(C)C)ccc1OC. The molecular formula is C17H26N2O3. The van der Waals surface area contributed by atoms with Gasteiger partial charge >= 0.3 is 0 Å². The molecule has 1 saturated heterocycles. The lowest BCUT2D eigenvalue weighted by Gasteiger charge is -2.42. The zero-order valence-corrected chi connectivity index (χ0v) is 13.8. The van der Waals surface area contributed by atoms with Gasteiger partial charge in [0.25, 0.3) is 0 Å². The number of carbonyl (C=O) groups is 1. The van der Waals surface area contributed by atoms with Crippen LogP contribution in [0.2, 0.25) is 0 Å². The molecule has 0 aromatic heterocycles. The van der Waals surface area contributed by atoms with Crippen molar-refractivity contribution in [1.29, 1.82) is 0 Å².